The molecular formula is C14H24N2O3. The van der Waals surface area contributed by atoms with Gasteiger partial charge in [0.1, 0.15) is 0 Å². The molecule has 5 heteroatoms. The van der Waals surface area contributed by atoms with Crippen LogP contribution < -0.4 is 5.32 Å². The highest BCUT2D eigenvalue weighted by atomic mass is 16.4. The fourth-order valence-corrected chi connectivity index (χ4v) is 2.90. The number of carbonyl (C=O) groups is 2. The van der Waals surface area contributed by atoms with E-state index >= 15 is 0 Å². The highest BCUT2D eigenvalue weighted by molar-refractivity contribution is 5.80. The molecule has 0 aromatic heterocycles. The molecule has 1 saturated heterocycles. The van der Waals surface area contributed by atoms with Crippen molar-refractivity contribution in [3.05, 3.63) is 0 Å². The van der Waals surface area contributed by atoms with Gasteiger partial charge < -0.3 is 15.3 Å². The maximum atomic E-state index is 12.1. The van der Waals surface area contributed by atoms with Crippen LogP contribution >= 0.6 is 0 Å². The fraction of sp³-hybridized carbons (Fsp3) is 0.857. The van der Waals surface area contributed by atoms with Gasteiger partial charge in [-0.3, -0.25) is 4.79 Å². The molecule has 1 aliphatic carbocycles. The number of likely N-dealkylation sites (tertiary alicyclic amines) is 1. The lowest BCUT2D eigenvalue weighted by atomic mass is 9.76. The maximum Gasteiger partial charge on any atom is 0.317 e. The Morgan fingerprint density at radius 3 is 2.37 bits per heavy atom. The molecule has 0 aromatic carbocycles. The van der Waals surface area contributed by atoms with E-state index in [9.17, 15) is 14.7 Å². The number of aliphatic carboxylic acids is 1. The van der Waals surface area contributed by atoms with Gasteiger partial charge >= 0.3 is 12.0 Å². The predicted octanol–water partition coefficient (Wildman–Crippen LogP) is 1.93. The predicted molar refractivity (Wildman–Crippen MR) is 71.8 cm³/mol. The first kappa shape index (κ1) is 14.2. The second kappa shape index (κ2) is 5.02. The van der Waals surface area contributed by atoms with E-state index in [2.05, 4.69) is 5.32 Å². The van der Waals surface area contributed by atoms with E-state index < -0.39 is 11.4 Å². The quantitative estimate of drug-likeness (QED) is 0.818. The molecule has 2 N–H and O–H groups in total. The molecule has 1 aliphatic heterocycles. The molecule has 2 fully saturated rings. The molecule has 0 spiro atoms. The van der Waals surface area contributed by atoms with Crippen LogP contribution in [0.1, 0.15) is 40.0 Å². The van der Waals surface area contributed by atoms with Crippen molar-refractivity contribution in [2.24, 2.45) is 17.3 Å². The Labute approximate surface area is 114 Å². The van der Waals surface area contributed by atoms with Gasteiger partial charge in [-0.05, 0) is 38.0 Å². The average Bonchev–Trinajstić information content (AvgIpc) is 3.06. The Morgan fingerprint density at radius 2 is 1.95 bits per heavy atom. The summed E-state index contributed by atoms with van der Waals surface area (Å²) in [6.07, 6.45) is 2.92. The number of amides is 2. The third kappa shape index (κ3) is 2.69. The largest absolute Gasteiger partial charge is 0.481 e. The lowest BCUT2D eigenvalue weighted by Gasteiger charge is -2.29. The van der Waals surface area contributed by atoms with Crippen molar-refractivity contribution in [1.29, 1.82) is 0 Å². The monoisotopic (exact) mass is 268 g/mol. The topological polar surface area (TPSA) is 69.6 Å². The van der Waals surface area contributed by atoms with Crippen LogP contribution in [0, 0.1) is 17.3 Å². The van der Waals surface area contributed by atoms with E-state index in [1.807, 2.05) is 20.8 Å². The molecule has 0 aromatic rings. The first-order valence-electron chi connectivity index (χ1n) is 7.15. The Balaban J connectivity index is 1.96. The van der Waals surface area contributed by atoms with Crippen LogP contribution in [0.25, 0.3) is 0 Å². The first-order valence-corrected chi connectivity index (χ1v) is 7.15. The van der Waals surface area contributed by atoms with Crippen LogP contribution in [0.2, 0.25) is 0 Å². The average molecular weight is 268 g/mol. The molecule has 2 atom stereocenters. The molecule has 2 unspecified atom stereocenters. The van der Waals surface area contributed by atoms with Crippen molar-refractivity contribution in [1.82, 2.24) is 10.2 Å². The molecule has 0 radical (unpaired) electrons. The molecule has 5 nitrogen and oxygen atoms in total. The Kier molecular flexibility index (Phi) is 3.74. The number of carboxylic acids is 1. The number of nitrogens with one attached hydrogen (secondary N) is 1. The van der Waals surface area contributed by atoms with Gasteiger partial charge in [0.15, 0.2) is 0 Å². The van der Waals surface area contributed by atoms with E-state index in [-0.39, 0.29) is 18.0 Å². The smallest absolute Gasteiger partial charge is 0.317 e. The van der Waals surface area contributed by atoms with Crippen molar-refractivity contribution in [3.8, 4) is 0 Å². The molecule has 2 aliphatic rings. The summed E-state index contributed by atoms with van der Waals surface area (Å²) in [6.45, 7) is 6.72. The SMILES string of the molecule is CC(NC(=O)N1CCC(C(=O)O)(C(C)C)C1)C1CC1. The fourth-order valence-electron chi connectivity index (χ4n) is 2.90. The summed E-state index contributed by atoms with van der Waals surface area (Å²) in [5.41, 5.74) is -0.778. The Hall–Kier alpha value is -1.26. The minimum absolute atomic E-state index is 0.0312. The van der Waals surface area contributed by atoms with Crippen LogP contribution in [0.3, 0.4) is 0 Å². The summed E-state index contributed by atoms with van der Waals surface area (Å²) < 4.78 is 0. The molecule has 2 amide bonds. The van der Waals surface area contributed by atoms with Crippen molar-refractivity contribution in [2.75, 3.05) is 13.1 Å². The van der Waals surface area contributed by atoms with E-state index in [0.717, 1.165) is 0 Å². The van der Waals surface area contributed by atoms with Crippen LogP contribution in [0.15, 0.2) is 0 Å². The van der Waals surface area contributed by atoms with Crippen LogP contribution in [-0.2, 0) is 4.79 Å². The standard InChI is InChI=1S/C14H24N2O3/c1-9(2)14(12(17)18)6-7-16(8-14)13(19)15-10(3)11-4-5-11/h9-11H,4-8H2,1-3H3,(H,15,19)(H,17,18). The minimum Gasteiger partial charge on any atom is -0.481 e. The molecule has 0 bridgehead atoms. The molecule has 1 heterocycles. The second-order valence-corrected chi connectivity index (χ2v) is 6.36. The summed E-state index contributed by atoms with van der Waals surface area (Å²) in [7, 11) is 0. The van der Waals surface area contributed by atoms with Gasteiger partial charge in [-0.25, -0.2) is 4.79 Å². The van der Waals surface area contributed by atoms with Gasteiger partial charge in [-0.1, -0.05) is 13.8 Å². The van der Waals surface area contributed by atoms with Gasteiger partial charge in [-0.15, -0.1) is 0 Å². The number of carbonyl (C=O) groups excluding carboxylic acids is 1. The summed E-state index contributed by atoms with van der Waals surface area (Å²) in [5.74, 6) is -0.141. The van der Waals surface area contributed by atoms with E-state index in [4.69, 9.17) is 0 Å². The molecule has 2 rings (SSSR count). The zero-order valence-corrected chi connectivity index (χ0v) is 12.0. The van der Waals surface area contributed by atoms with Crippen molar-refractivity contribution < 1.29 is 14.7 Å². The first-order chi connectivity index (χ1) is 8.86. The number of rotatable bonds is 4. The van der Waals surface area contributed by atoms with Gasteiger partial charge in [0.25, 0.3) is 0 Å². The van der Waals surface area contributed by atoms with Gasteiger partial charge in [0.2, 0.25) is 0 Å². The number of carboxylic acid groups (broad SMARTS) is 1. The van der Waals surface area contributed by atoms with Crippen molar-refractivity contribution in [3.63, 3.8) is 0 Å². The normalized spacial score (nSPS) is 28.5. The van der Waals surface area contributed by atoms with Gasteiger partial charge in [-0.2, -0.15) is 0 Å². The number of hydrogen-bond donors (Lipinski definition) is 2. The lowest BCUT2D eigenvalue weighted by Crippen LogP contribution is -2.46. The maximum absolute atomic E-state index is 12.1. The highest BCUT2D eigenvalue weighted by Gasteiger charge is 2.48. The van der Waals surface area contributed by atoms with E-state index in [1.54, 1.807) is 4.90 Å². The zero-order valence-electron chi connectivity index (χ0n) is 12.0. The molecular weight excluding hydrogens is 244 g/mol. The zero-order chi connectivity index (χ0) is 14.2. The molecule has 108 valence electrons. The summed E-state index contributed by atoms with van der Waals surface area (Å²) in [6, 6.07) is 0.0922. The van der Waals surface area contributed by atoms with E-state index in [0.29, 0.717) is 25.4 Å². The van der Waals surface area contributed by atoms with Crippen LogP contribution in [0.4, 0.5) is 4.79 Å². The Morgan fingerprint density at radius 1 is 1.32 bits per heavy atom. The molecule has 19 heavy (non-hydrogen) atoms. The Bertz CT molecular complexity index is 379. The third-order valence-corrected chi connectivity index (χ3v) is 4.80. The number of hydrogen-bond acceptors (Lipinski definition) is 2. The summed E-state index contributed by atoms with van der Waals surface area (Å²) in [4.78, 5) is 25.3. The molecule has 1 saturated carbocycles. The highest BCUT2D eigenvalue weighted by Crippen LogP contribution is 2.38. The summed E-state index contributed by atoms with van der Waals surface area (Å²) in [5, 5.41) is 12.4. The van der Waals surface area contributed by atoms with Gasteiger partial charge in [0.05, 0.1) is 5.41 Å². The second-order valence-electron chi connectivity index (χ2n) is 6.36. The summed E-state index contributed by atoms with van der Waals surface area (Å²) >= 11 is 0. The van der Waals surface area contributed by atoms with Crippen molar-refractivity contribution in [2.45, 2.75) is 46.1 Å². The van der Waals surface area contributed by atoms with E-state index in [1.165, 1.54) is 12.8 Å². The third-order valence-electron chi connectivity index (χ3n) is 4.80. The minimum atomic E-state index is -0.784. The lowest BCUT2D eigenvalue weighted by molar-refractivity contribution is -0.150. The van der Waals surface area contributed by atoms with Gasteiger partial charge in [0, 0.05) is 19.1 Å². The van der Waals surface area contributed by atoms with Crippen LogP contribution in [-0.4, -0.2) is 41.1 Å². The number of urea groups is 1. The van der Waals surface area contributed by atoms with Crippen molar-refractivity contribution >= 4 is 12.0 Å². The number of nitrogens with zero attached hydrogens (tertiary/aromatic N) is 1. The van der Waals surface area contributed by atoms with Crippen LogP contribution in [0.5, 0.6) is 0 Å².